The third kappa shape index (κ3) is 4.38. The highest BCUT2D eigenvalue weighted by atomic mass is 32.2. The summed E-state index contributed by atoms with van der Waals surface area (Å²) in [7, 11) is 0. The van der Waals surface area contributed by atoms with Crippen LogP contribution in [0.4, 0.5) is 0 Å². The van der Waals surface area contributed by atoms with Gasteiger partial charge in [-0.1, -0.05) is 18.7 Å². The molecule has 16 heavy (non-hydrogen) atoms. The lowest BCUT2D eigenvalue weighted by atomic mass is 10.4. The van der Waals surface area contributed by atoms with E-state index < -0.39 is 6.10 Å². The first-order valence-electron chi connectivity index (χ1n) is 5.27. The highest BCUT2D eigenvalue weighted by molar-refractivity contribution is 7.99. The van der Waals surface area contributed by atoms with Crippen LogP contribution in [0.2, 0.25) is 0 Å². The van der Waals surface area contributed by atoms with E-state index >= 15 is 0 Å². The number of ether oxygens (including phenoxy) is 1. The van der Waals surface area contributed by atoms with Gasteiger partial charge in [0.05, 0.1) is 19.3 Å². The average Bonchev–Trinajstić information content (AvgIpc) is 2.34. The van der Waals surface area contributed by atoms with Gasteiger partial charge in [-0.2, -0.15) is 0 Å². The number of hydrogen-bond donors (Lipinski definition) is 2. The van der Waals surface area contributed by atoms with Gasteiger partial charge >= 0.3 is 0 Å². The lowest BCUT2D eigenvalue weighted by molar-refractivity contribution is 0.113. The predicted molar refractivity (Wildman–Crippen MR) is 63.8 cm³/mol. The first-order chi connectivity index (χ1) is 7.77. The minimum absolute atomic E-state index is 0.231. The van der Waals surface area contributed by atoms with Crippen molar-refractivity contribution in [1.82, 2.24) is 4.98 Å². The van der Waals surface area contributed by atoms with E-state index in [9.17, 15) is 5.11 Å². The summed E-state index contributed by atoms with van der Waals surface area (Å²) < 4.78 is 5.52. The second-order valence-corrected chi connectivity index (χ2v) is 4.31. The summed E-state index contributed by atoms with van der Waals surface area (Å²) in [5.74, 6) is 1.15. The molecule has 1 unspecified atom stereocenters. The van der Waals surface area contributed by atoms with E-state index in [-0.39, 0.29) is 6.61 Å². The summed E-state index contributed by atoms with van der Waals surface area (Å²) in [5.41, 5.74) is 0. The Labute approximate surface area is 99.7 Å². The summed E-state index contributed by atoms with van der Waals surface area (Å²) in [6.07, 6.45) is 1.91. The molecular weight excluding hydrogens is 226 g/mol. The SMILES string of the molecule is CCCOc1cccnc1SCC(O)CO. The van der Waals surface area contributed by atoms with Crippen LogP contribution in [0.15, 0.2) is 23.4 Å². The topological polar surface area (TPSA) is 62.6 Å². The molecule has 0 bridgehead atoms. The van der Waals surface area contributed by atoms with Gasteiger partial charge < -0.3 is 14.9 Å². The van der Waals surface area contributed by atoms with Crippen LogP contribution in [0.5, 0.6) is 5.75 Å². The molecule has 0 radical (unpaired) electrons. The first-order valence-corrected chi connectivity index (χ1v) is 6.26. The Morgan fingerprint density at radius 3 is 3.06 bits per heavy atom. The van der Waals surface area contributed by atoms with Gasteiger partial charge in [0.1, 0.15) is 5.03 Å². The lowest BCUT2D eigenvalue weighted by Gasteiger charge is -2.10. The van der Waals surface area contributed by atoms with Gasteiger partial charge in [-0.25, -0.2) is 4.98 Å². The van der Waals surface area contributed by atoms with Crippen LogP contribution in [0.3, 0.4) is 0 Å². The molecule has 0 fully saturated rings. The molecule has 5 heteroatoms. The van der Waals surface area contributed by atoms with E-state index in [2.05, 4.69) is 4.98 Å². The molecule has 0 aliphatic carbocycles. The molecule has 1 atom stereocenters. The summed E-state index contributed by atoms with van der Waals surface area (Å²) in [6, 6.07) is 3.67. The zero-order valence-electron chi connectivity index (χ0n) is 9.30. The Morgan fingerprint density at radius 2 is 2.38 bits per heavy atom. The second-order valence-electron chi connectivity index (χ2n) is 3.30. The highest BCUT2D eigenvalue weighted by Crippen LogP contribution is 2.27. The van der Waals surface area contributed by atoms with E-state index in [0.29, 0.717) is 12.4 Å². The molecule has 0 spiro atoms. The van der Waals surface area contributed by atoms with Crippen molar-refractivity contribution >= 4 is 11.8 Å². The van der Waals surface area contributed by atoms with Crippen molar-refractivity contribution < 1.29 is 14.9 Å². The Balaban J connectivity index is 2.56. The van der Waals surface area contributed by atoms with Gasteiger partial charge in [0, 0.05) is 11.9 Å². The Bertz CT molecular complexity index is 309. The quantitative estimate of drug-likeness (QED) is 0.707. The Kier molecular flexibility index (Phi) is 6.22. The molecule has 0 aliphatic rings. The Hall–Kier alpha value is -0.780. The van der Waals surface area contributed by atoms with Crippen molar-refractivity contribution in [3.63, 3.8) is 0 Å². The maximum atomic E-state index is 9.25. The Morgan fingerprint density at radius 1 is 1.56 bits per heavy atom. The maximum absolute atomic E-state index is 9.25. The van der Waals surface area contributed by atoms with Crippen LogP contribution in [0.25, 0.3) is 0 Å². The van der Waals surface area contributed by atoms with Crippen molar-refractivity contribution in [2.45, 2.75) is 24.5 Å². The molecule has 90 valence electrons. The minimum atomic E-state index is -0.717. The van der Waals surface area contributed by atoms with Crippen LogP contribution >= 0.6 is 11.8 Å². The van der Waals surface area contributed by atoms with Crippen LogP contribution < -0.4 is 4.74 Å². The van der Waals surface area contributed by atoms with Crippen molar-refractivity contribution in [1.29, 1.82) is 0 Å². The number of thioether (sulfide) groups is 1. The van der Waals surface area contributed by atoms with Gasteiger partial charge in [-0.15, -0.1) is 0 Å². The number of aromatic nitrogens is 1. The fraction of sp³-hybridized carbons (Fsp3) is 0.545. The van der Waals surface area contributed by atoms with E-state index in [1.165, 1.54) is 11.8 Å². The molecule has 0 aliphatic heterocycles. The number of rotatable bonds is 7. The first kappa shape index (κ1) is 13.3. The molecule has 2 N–H and O–H groups in total. The highest BCUT2D eigenvalue weighted by Gasteiger charge is 2.08. The standard InChI is InChI=1S/C11H17NO3S/c1-2-6-15-10-4-3-5-12-11(10)16-8-9(14)7-13/h3-5,9,13-14H,2,6-8H2,1H3. The molecule has 1 heterocycles. The van der Waals surface area contributed by atoms with Crippen LogP contribution in [0, 0.1) is 0 Å². The molecule has 1 aromatic rings. The van der Waals surface area contributed by atoms with Crippen molar-refractivity contribution in [3.8, 4) is 5.75 Å². The molecule has 0 aromatic carbocycles. The normalized spacial score (nSPS) is 12.4. The smallest absolute Gasteiger partial charge is 0.151 e. The second kappa shape index (κ2) is 7.49. The third-order valence-corrected chi connectivity index (χ3v) is 2.95. The van der Waals surface area contributed by atoms with E-state index in [4.69, 9.17) is 9.84 Å². The third-order valence-electron chi connectivity index (χ3n) is 1.82. The van der Waals surface area contributed by atoms with E-state index in [0.717, 1.165) is 17.2 Å². The summed E-state index contributed by atoms with van der Waals surface area (Å²) in [5, 5.41) is 18.7. The average molecular weight is 243 g/mol. The molecule has 0 saturated carbocycles. The fourth-order valence-electron chi connectivity index (χ4n) is 1.03. The van der Waals surface area contributed by atoms with Crippen LogP contribution in [-0.4, -0.2) is 40.3 Å². The largest absolute Gasteiger partial charge is 0.491 e. The zero-order chi connectivity index (χ0) is 11.8. The van der Waals surface area contributed by atoms with E-state index in [1.807, 2.05) is 19.1 Å². The van der Waals surface area contributed by atoms with Crippen LogP contribution in [-0.2, 0) is 0 Å². The number of nitrogens with zero attached hydrogens (tertiary/aromatic N) is 1. The fourth-order valence-corrected chi connectivity index (χ4v) is 1.89. The summed E-state index contributed by atoms with van der Waals surface area (Å²) >= 11 is 1.38. The summed E-state index contributed by atoms with van der Waals surface area (Å²) in [6.45, 7) is 2.46. The van der Waals surface area contributed by atoms with Gasteiger partial charge in [-0.3, -0.25) is 0 Å². The number of hydrogen-bond acceptors (Lipinski definition) is 5. The van der Waals surface area contributed by atoms with Gasteiger partial charge in [0.2, 0.25) is 0 Å². The number of pyridine rings is 1. The molecule has 0 amide bonds. The molecular formula is C11H17NO3S. The number of aliphatic hydroxyl groups is 2. The van der Waals surface area contributed by atoms with Gasteiger partial charge in [0.25, 0.3) is 0 Å². The molecule has 1 rings (SSSR count). The molecule has 1 aromatic heterocycles. The molecule has 4 nitrogen and oxygen atoms in total. The van der Waals surface area contributed by atoms with Gasteiger partial charge in [-0.05, 0) is 18.6 Å². The maximum Gasteiger partial charge on any atom is 0.151 e. The number of aliphatic hydroxyl groups excluding tert-OH is 2. The minimum Gasteiger partial charge on any atom is -0.491 e. The van der Waals surface area contributed by atoms with E-state index in [1.54, 1.807) is 6.20 Å². The molecule has 0 saturated heterocycles. The van der Waals surface area contributed by atoms with Crippen molar-refractivity contribution in [3.05, 3.63) is 18.3 Å². The van der Waals surface area contributed by atoms with Crippen LogP contribution in [0.1, 0.15) is 13.3 Å². The van der Waals surface area contributed by atoms with Gasteiger partial charge in [0.15, 0.2) is 5.75 Å². The predicted octanol–water partition coefficient (Wildman–Crippen LogP) is 1.32. The lowest BCUT2D eigenvalue weighted by Crippen LogP contribution is -2.14. The zero-order valence-corrected chi connectivity index (χ0v) is 10.1. The monoisotopic (exact) mass is 243 g/mol. The van der Waals surface area contributed by atoms with Crippen molar-refractivity contribution in [2.24, 2.45) is 0 Å². The van der Waals surface area contributed by atoms with Crippen molar-refractivity contribution in [2.75, 3.05) is 19.0 Å². The summed E-state index contributed by atoms with van der Waals surface area (Å²) in [4.78, 5) is 4.18.